The number of rotatable bonds is 3. The van der Waals surface area contributed by atoms with Crippen LogP contribution in [-0.2, 0) is 6.54 Å². The molecule has 0 aliphatic rings. The zero-order chi connectivity index (χ0) is 11.7. The highest BCUT2D eigenvalue weighted by Gasteiger charge is 2.13. The molecule has 2 heterocycles. The second-order valence-electron chi connectivity index (χ2n) is 3.06. The summed E-state index contributed by atoms with van der Waals surface area (Å²) in [5, 5.41) is 0. The number of carbonyl (C=O) groups excluding carboxylic acids is 1. The number of carbonyl (C=O) groups is 1. The van der Waals surface area contributed by atoms with Gasteiger partial charge in [0.15, 0.2) is 11.3 Å². The number of halogens is 1. The van der Waals surface area contributed by atoms with Crippen LogP contribution in [0, 0.1) is 0 Å². The second-order valence-corrected chi connectivity index (χ2v) is 3.44. The Morgan fingerprint density at radius 1 is 1.44 bits per heavy atom. The first-order valence-electron chi connectivity index (χ1n) is 4.43. The van der Waals surface area contributed by atoms with Gasteiger partial charge < -0.3 is 5.73 Å². The number of primary amides is 1. The number of imidazole rings is 1. The molecule has 0 saturated carbocycles. The van der Waals surface area contributed by atoms with E-state index in [1.165, 1.54) is 17.2 Å². The molecular formula is C8H8ClN5O2. The first-order chi connectivity index (χ1) is 7.65. The van der Waals surface area contributed by atoms with Crippen LogP contribution in [0.2, 0.25) is 0 Å². The minimum Gasteiger partial charge on any atom is -0.364 e. The summed E-state index contributed by atoms with van der Waals surface area (Å²) in [5.41, 5.74) is 4.87. The van der Waals surface area contributed by atoms with Gasteiger partial charge >= 0.3 is 5.69 Å². The summed E-state index contributed by atoms with van der Waals surface area (Å²) in [6, 6.07) is 0. The lowest BCUT2D eigenvalue weighted by Gasteiger charge is -2.02. The van der Waals surface area contributed by atoms with Gasteiger partial charge in [-0.15, -0.1) is 11.6 Å². The number of nitrogens with zero attached hydrogens (tertiary/aromatic N) is 4. The number of aromatic nitrogens is 4. The van der Waals surface area contributed by atoms with Crippen LogP contribution >= 0.6 is 11.6 Å². The maximum absolute atomic E-state index is 11.8. The summed E-state index contributed by atoms with van der Waals surface area (Å²) >= 11 is 5.53. The molecule has 2 rings (SSSR count). The van der Waals surface area contributed by atoms with Crippen molar-refractivity contribution in [3.05, 3.63) is 28.8 Å². The molecule has 0 saturated heterocycles. The first-order valence-corrected chi connectivity index (χ1v) is 4.97. The zero-order valence-electron chi connectivity index (χ0n) is 8.13. The van der Waals surface area contributed by atoms with Crippen molar-refractivity contribution in [3.8, 4) is 0 Å². The molecule has 84 valence electrons. The quantitative estimate of drug-likeness (QED) is 0.714. The lowest BCUT2D eigenvalue weighted by molar-refractivity contribution is 0.0997. The van der Waals surface area contributed by atoms with E-state index in [1.807, 2.05) is 0 Å². The smallest absolute Gasteiger partial charge is 0.336 e. The topological polar surface area (TPSA) is 95.3 Å². The molecule has 0 radical (unpaired) electrons. The van der Waals surface area contributed by atoms with E-state index in [9.17, 15) is 9.59 Å². The summed E-state index contributed by atoms with van der Waals surface area (Å²) in [4.78, 5) is 30.4. The van der Waals surface area contributed by atoms with Gasteiger partial charge in [-0.1, -0.05) is 0 Å². The third-order valence-electron chi connectivity index (χ3n) is 2.07. The van der Waals surface area contributed by atoms with Gasteiger partial charge in [0.25, 0.3) is 5.91 Å². The summed E-state index contributed by atoms with van der Waals surface area (Å²) in [6.45, 7) is 0.341. The Hall–Kier alpha value is -1.89. The Bertz CT molecular complexity index is 602. The van der Waals surface area contributed by atoms with Crippen LogP contribution in [0.5, 0.6) is 0 Å². The lowest BCUT2D eigenvalue weighted by Crippen LogP contribution is -2.27. The average Bonchev–Trinajstić information content (AvgIpc) is 2.67. The largest absolute Gasteiger partial charge is 0.364 e. The third-order valence-corrected chi connectivity index (χ3v) is 2.24. The molecule has 2 N–H and O–H groups in total. The molecule has 0 unspecified atom stereocenters. The monoisotopic (exact) mass is 241 g/mol. The van der Waals surface area contributed by atoms with E-state index in [-0.39, 0.29) is 17.0 Å². The van der Waals surface area contributed by atoms with Crippen LogP contribution in [-0.4, -0.2) is 30.7 Å². The van der Waals surface area contributed by atoms with Crippen LogP contribution < -0.4 is 11.4 Å². The fraction of sp³-hybridized carbons (Fsp3) is 0.250. The van der Waals surface area contributed by atoms with Gasteiger partial charge in [-0.25, -0.2) is 19.2 Å². The van der Waals surface area contributed by atoms with Gasteiger partial charge in [-0.05, 0) is 0 Å². The predicted molar refractivity (Wildman–Crippen MR) is 56.5 cm³/mol. The predicted octanol–water partition coefficient (Wildman–Crippen LogP) is -0.771. The van der Waals surface area contributed by atoms with Crippen LogP contribution in [0.4, 0.5) is 0 Å². The molecular weight excluding hydrogens is 234 g/mol. The fourth-order valence-corrected chi connectivity index (χ4v) is 1.52. The minimum absolute atomic E-state index is 0.0184. The summed E-state index contributed by atoms with van der Waals surface area (Å²) in [5.74, 6) is -0.422. The second kappa shape index (κ2) is 3.93. The average molecular weight is 242 g/mol. The van der Waals surface area contributed by atoms with Crippen molar-refractivity contribution < 1.29 is 4.79 Å². The molecule has 0 spiro atoms. The highest BCUT2D eigenvalue weighted by atomic mass is 35.5. The molecule has 2 aromatic heterocycles. The number of nitrogens with two attached hydrogens (primary N) is 1. The number of fused-ring (bicyclic) bond motifs is 1. The molecule has 2 aromatic rings. The summed E-state index contributed by atoms with van der Waals surface area (Å²) in [6.07, 6.45) is 2.53. The Morgan fingerprint density at radius 3 is 2.81 bits per heavy atom. The van der Waals surface area contributed by atoms with Gasteiger partial charge in [0.2, 0.25) is 0 Å². The molecule has 0 aromatic carbocycles. The van der Waals surface area contributed by atoms with E-state index in [2.05, 4.69) is 9.97 Å². The van der Waals surface area contributed by atoms with E-state index in [0.717, 1.165) is 4.40 Å². The van der Waals surface area contributed by atoms with Gasteiger partial charge in [-0.3, -0.25) is 9.36 Å². The van der Waals surface area contributed by atoms with Crippen molar-refractivity contribution in [1.82, 2.24) is 18.9 Å². The standard InChI is InChI=1S/C8H8ClN5O2/c9-1-2-13-3-12-7-5(6(10)15)11-4-14(7)8(13)16/h3-4H,1-2H2,(H2,10,15). The number of hydrogen-bond acceptors (Lipinski definition) is 4. The first kappa shape index (κ1) is 10.6. The Kier molecular flexibility index (Phi) is 2.61. The normalized spacial score (nSPS) is 10.8. The minimum atomic E-state index is -0.718. The van der Waals surface area contributed by atoms with Crippen LogP contribution in [0.1, 0.15) is 10.5 Å². The molecule has 0 fully saturated rings. The maximum atomic E-state index is 11.8. The van der Waals surface area contributed by atoms with Crippen molar-refractivity contribution in [2.75, 3.05) is 5.88 Å². The highest BCUT2D eigenvalue weighted by Crippen LogP contribution is 2.01. The summed E-state index contributed by atoms with van der Waals surface area (Å²) in [7, 11) is 0. The Morgan fingerprint density at radius 2 is 2.19 bits per heavy atom. The number of amides is 1. The Balaban J connectivity index is 2.69. The fourth-order valence-electron chi connectivity index (χ4n) is 1.34. The van der Waals surface area contributed by atoms with Crippen molar-refractivity contribution in [2.24, 2.45) is 5.73 Å². The van der Waals surface area contributed by atoms with Gasteiger partial charge in [-0.2, -0.15) is 0 Å². The molecule has 0 bridgehead atoms. The summed E-state index contributed by atoms with van der Waals surface area (Å²) < 4.78 is 2.49. The van der Waals surface area contributed by atoms with E-state index in [1.54, 1.807) is 0 Å². The van der Waals surface area contributed by atoms with Crippen LogP contribution in [0.15, 0.2) is 17.4 Å². The number of alkyl halides is 1. The highest BCUT2D eigenvalue weighted by molar-refractivity contribution is 6.17. The van der Waals surface area contributed by atoms with Crippen molar-refractivity contribution in [2.45, 2.75) is 6.54 Å². The van der Waals surface area contributed by atoms with Crippen molar-refractivity contribution in [1.29, 1.82) is 0 Å². The molecule has 16 heavy (non-hydrogen) atoms. The molecule has 0 aliphatic carbocycles. The van der Waals surface area contributed by atoms with Crippen molar-refractivity contribution >= 4 is 23.2 Å². The van der Waals surface area contributed by atoms with E-state index in [4.69, 9.17) is 17.3 Å². The molecule has 7 nitrogen and oxygen atoms in total. The third kappa shape index (κ3) is 1.54. The van der Waals surface area contributed by atoms with Gasteiger partial charge in [0.1, 0.15) is 12.7 Å². The van der Waals surface area contributed by atoms with E-state index in [0.29, 0.717) is 12.4 Å². The van der Waals surface area contributed by atoms with Crippen LogP contribution in [0.25, 0.3) is 5.65 Å². The van der Waals surface area contributed by atoms with Gasteiger partial charge in [0, 0.05) is 12.4 Å². The zero-order valence-corrected chi connectivity index (χ0v) is 8.89. The molecule has 0 aliphatic heterocycles. The molecule has 8 heteroatoms. The van der Waals surface area contributed by atoms with Crippen molar-refractivity contribution in [3.63, 3.8) is 0 Å². The molecule has 0 atom stereocenters. The lowest BCUT2D eigenvalue weighted by atomic mass is 10.4. The Labute approximate surface area is 94.5 Å². The number of hydrogen-bond donors (Lipinski definition) is 1. The van der Waals surface area contributed by atoms with E-state index >= 15 is 0 Å². The maximum Gasteiger partial charge on any atom is 0.336 e. The van der Waals surface area contributed by atoms with Gasteiger partial charge in [0.05, 0.1) is 0 Å². The molecule has 1 amide bonds. The SMILES string of the molecule is NC(=O)c1ncn2c(=O)n(CCCl)cnc12. The number of aryl methyl sites for hydroxylation is 1. The van der Waals surface area contributed by atoms with E-state index < -0.39 is 5.91 Å². The van der Waals surface area contributed by atoms with Crippen LogP contribution in [0.3, 0.4) is 0 Å².